The molecule has 2 aliphatic heterocycles. The van der Waals surface area contributed by atoms with Gasteiger partial charge >= 0.3 is 13.7 Å². The summed E-state index contributed by atoms with van der Waals surface area (Å²) >= 11 is 0. The number of anilines is 1. The molecule has 0 radical (unpaired) electrons. The van der Waals surface area contributed by atoms with E-state index in [0.29, 0.717) is 11.2 Å². The van der Waals surface area contributed by atoms with Crippen LogP contribution >= 0.6 is 7.75 Å². The highest BCUT2D eigenvalue weighted by molar-refractivity contribution is 7.51. The minimum absolute atomic E-state index is 0.0415. The van der Waals surface area contributed by atoms with Crippen LogP contribution in [0.4, 0.5) is 5.95 Å². The molecular weight excluding hydrogens is 431 g/mol. The Labute approximate surface area is 177 Å². The Morgan fingerprint density at radius 1 is 1.45 bits per heavy atom. The average molecular weight is 456 g/mol. The number of aromatic nitrogens is 4. The van der Waals surface area contributed by atoms with E-state index < -0.39 is 43.8 Å². The van der Waals surface area contributed by atoms with Gasteiger partial charge in [0.2, 0.25) is 5.95 Å². The lowest BCUT2D eigenvalue weighted by Gasteiger charge is -2.36. The maximum atomic E-state index is 13.1. The average Bonchev–Trinajstić information content (AvgIpc) is 3.19. The second kappa shape index (κ2) is 7.76. The summed E-state index contributed by atoms with van der Waals surface area (Å²) in [6.45, 7) is 6.26. The number of nitrogens with two attached hydrogens (primary N) is 1. The van der Waals surface area contributed by atoms with Gasteiger partial charge in [-0.2, -0.15) is 4.98 Å². The summed E-state index contributed by atoms with van der Waals surface area (Å²) in [6, 6.07) is -0.954. The highest BCUT2D eigenvalue weighted by atomic mass is 31.2. The van der Waals surface area contributed by atoms with Gasteiger partial charge < -0.3 is 20.3 Å². The Bertz CT molecular complexity index is 1040. The normalized spacial score (nSPS) is 34.1. The zero-order chi connectivity index (χ0) is 22.6. The van der Waals surface area contributed by atoms with E-state index in [0.717, 1.165) is 0 Å². The van der Waals surface area contributed by atoms with Gasteiger partial charge in [-0.1, -0.05) is 0 Å². The van der Waals surface area contributed by atoms with Crippen molar-refractivity contribution in [2.24, 2.45) is 0 Å². The molecule has 13 nitrogen and oxygen atoms in total. The fourth-order valence-electron chi connectivity index (χ4n) is 3.59. The summed E-state index contributed by atoms with van der Waals surface area (Å²) in [5.74, 6) is -0.561. The van der Waals surface area contributed by atoms with Gasteiger partial charge in [0.1, 0.15) is 29.4 Å². The summed E-state index contributed by atoms with van der Waals surface area (Å²) < 4.78 is 36.7. The van der Waals surface area contributed by atoms with Crippen molar-refractivity contribution in [2.75, 3.05) is 12.3 Å². The third kappa shape index (κ3) is 4.04. The molecular formula is C17H25N6O7P. The number of carbonyl (C=O) groups is 1. The van der Waals surface area contributed by atoms with E-state index in [9.17, 15) is 14.5 Å². The van der Waals surface area contributed by atoms with Crippen molar-refractivity contribution in [3.05, 3.63) is 12.5 Å². The van der Waals surface area contributed by atoms with Crippen molar-refractivity contribution in [1.82, 2.24) is 24.6 Å². The Balaban J connectivity index is 1.55. The highest BCUT2D eigenvalue weighted by Gasteiger charge is 2.60. The second-order valence-electron chi connectivity index (χ2n) is 8.00. The molecule has 2 aliphatic rings. The van der Waals surface area contributed by atoms with E-state index in [-0.39, 0.29) is 18.7 Å². The minimum Gasteiger partial charge on any atom is -0.462 e. The Kier molecular flexibility index (Phi) is 5.53. The summed E-state index contributed by atoms with van der Waals surface area (Å²) in [6.07, 6.45) is -0.144. The van der Waals surface area contributed by atoms with E-state index in [1.165, 1.54) is 30.9 Å². The predicted octanol–water partition coefficient (Wildman–Crippen LogP) is 0.510. The van der Waals surface area contributed by atoms with Crippen LogP contribution in [0.2, 0.25) is 0 Å². The van der Waals surface area contributed by atoms with Crippen LogP contribution in [-0.2, 0) is 27.9 Å². The standard InChI is InChI=1S/C17H25N6O7P/c1-8(2)28-14(24)9(3)22-31(26)27-6-11-12(30-31)17(4,25)15(29-11)23-7-20-10-5-19-16(18)21-13(10)23/h5,7-9,11-12,15,25H,6H2,1-4H3,(H,22,26)(H2,18,19,21)/t9-,11+,12+,15+,17+,31-/m0/s1. The monoisotopic (exact) mass is 456 g/mol. The molecule has 6 atom stereocenters. The summed E-state index contributed by atoms with van der Waals surface area (Å²) in [5.41, 5.74) is 4.87. The van der Waals surface area contributed by atoms with E-state index >= 15 is 0 Å². The molecule has 2 aromatic heterocycles. The van der Waals surface area contributed by atoms with Crippen molar-refractivity contribution in [1.29, 1.82) is 0 Å². The van der Waals surface area contributed by atoms with Gasteiger partial charge in [-0.3, -0.25) is 18.4 Å². The van der Waals surface area contributed by atoms with Gasteiger partial charge in [0, 0.05) is 0 Å². The van der Waals surface area contributed by atoms with Gasteiger partial charge in [0.25, 0.3) is 0 Å². The number of fused-ring (bicyclic) bond motifs is 2. The van der Waals surface area contributed by atoms with Gasteiger partial charge in [0.05, 0.1) is 25.2 Å². The number of nitrogens with one attached hydrogen (secondary N) is 1. The third-order valence-corrected chi connectivity index (χ3v) is 6.72. The van der Waals surface area contributed by atoms with Crippen molar-refractivity contribution in [2.45, 2.75) is 63.9 Å². The number of carbonyl (C=O) groups excluding carboxylic acids is 1. The van der Waals surface area contributed by atoms with E-state index in [4.69, 9.17) is 24.3 Å². The van der Waals surface area contributed by atoms with E-state index in [2.05, 4.69) is 20.0 Å². The molecule has 4 heterocycles. The molecule has 170 valence electrons. The topological polar surface area (TPSA) is 173 Å². The molecule has 4 N–H and O–H groups in total. The number of nitrogen functional groups attached to an aromatic ring is 1. The second-order valence-corrected chi connectivity index (χ2v) is 9.72. The number of esters is 1. The molecule has 0 spiro atoms. The first-order chi connectivity index (χ1) is 14.5. The lowest BCUT2D eigenvalue weighted by Crippen LogP contribution is -2.49. The number of rotatable bonds is 5. The molecule has 0 amide bonds. The van der Waals surface area contributed by atoms with Gasteiger partial charge in [0.15, 0.2) is 11.9 Å². The molecule has 0 bridgehead atoms. The van der Waals surface area contributed by atoms with E-state index in [1.54, 1.807) is 13.8 Å². The fraction of sp³-hybridized carbons (Fsp3) is 0.647. The summed E-state index contributed by atoms with van der Waals surface area (Å²) in [7, 11) is -3.94. The van der Waals surface area contributed by atoms with Crippen molar-refractivity contribution in [3.63, 3.8) is 0 Å². The highest BCUT2D eigenvalue weighted by Crippen LogP contribution is 2.56. The molecule has 0 aromatic carbocycles. The van der Waals surface area contributed by atoms with Crippen LogP contribution in [-0.4, -0.2) is 67.2 Å². The first-order valence-electron chi connectivity index (χ1n) is 9.74. The first kappa shape index (κ1) is 22.1. The summed E-state index contributed by atoms with van der Waals surface area (Å²) in [5, 5.41) is 13.8. The third-order valence-electron chi connectivity index (χ3n) is 5.02. The van der Waals surface area contributed by atoms with Crippen LogP contribution in [0, 0.1) is 0 Å². The maximum Gasteiger partial charge on any atom is 0.406 e. The zero-order valence-corrected chi connectivity index (χ0v) is 18.4. The number of imidazole rings is 1. The number of hydrogen-bond donors (Lipinski definition) is 3. The lowest BCUT2D eigenvalue weighted by molar-refractivity contribution is -0.149. The van der Waals surface area contributed by atoms with Crippen LogP contribution in [0.15, 0.2) is 12.5 Å². The Morgan fingerprint density at radius 3 is 2.90 bits per heavy atom. The molecule has 31 heavy (non-hydrogen) atoms. The van der Waals surface area contributed by atoms with Crippen LogP contribution in [0.25, 0.3) is 11.2 Å². The molecule has 0 unspecified atom stereocenters. The summed E-state index contributed by atoms with van der Waals surface area (Å²) in [4.78, 5) is 24.3. The van der Waals surface area contributed by atoms with Crippen LogP contribution in [0.3, 0.4) is 0 Å². The number of hydrogen-bond acceptors (Lipinski definition) is 11. The minimum atomic E-state index is -3.94. The van der Waals surface area contributed by atoms with Crippen LogP contribution in [0.1, 0.15) is 33.9 Å². The number of nitrogens with zero attached hydrogens (tertiary/aromatic N) is 4. The Hall–Kier alpha value is -2.15. The molecule has 2 fully saturated rings. The van der Waals surface area contributed by atoms with Crippen LogP contribution in [0.5, 0.6) is 0 Å². The molecule has 4 rings (SSSR count). The first-order valence-corrected chi connectivity index (χ1v) is 11.3. The van der Waals surface area contributed by atoms with Crippen molar-refractivity contribution >= 4 is 30.8 Å². The van der Waals surface area contributed by atoms with E-state index in [1.807, 2.05) is 0 Å². The quantitative estimate of drug-likeness (QED) is 0.421. The smallest absolute Gasteiger partial charge is 0.406 e. The molecule has 2 saturated heterocycles. The maximum absolute atomic E-state index is 13.1. The fourth-order valence-corrected chi connectivity index (χ4v) is 5.36. The predicted molar refractivity (Wildman–Crippen MR) is 107 cm³/mol. The van der Waals surface area contributed by atoms with Gasteiger partial charge in [-0.05, 0) is 27.7 Å². The largest absolute Gasteiger partial charge is 0.462 e. The molecule has 0 aliphatic carbocycles. The lowest BCUT2D eigenvalue weighted by atomic mass is 9.96. The van der Waals surface area contributed by atoms with Gasteiger partial charge in [-0.15, -0.1) is 0 Å². The number of aliphatic hydroxyl groups is 1. The van der Waals surface area contributed by atoms with Crippen LogP contribution < -0.4 is 10.8 Å². The van der Waals surface area contributed by atoms with Crippen molar-refractivity contribution in [3.8, 4) is 0 Å². The molecule has 14 heteroatoms. The Morgan fingerprint density at radius 2 is 2.19 bits per heavy atom. The van der Waals surface area contributed by atoms with Gasteiger partial charge in [-0.25, -0.2) is 19.6 Å². The zero-order valence-electron chi connectivity index (χ0n) is 17.5. The number of ether oxygens (including phenoxy) is 2. The molecule has 2 aromatic rings. The van der Waals surface area contributed by atoms with Crippen molar-refractivity contribution < 1.29 is 33.0 Å². The SMILES string of the molecule is CC(C)OC(=O)[C@H](C)N[P@]1(=O)OC[C@H]2O[C@@H](n3cnc4cnc(N)nc43)[C@](C)(O)[C@@H]2O1. The molecule has 0 saturated carbocycles.